The molecule has 0 aromatic heterocycles. The number of para-hydroxylation sites is 1. The van der Waals surface area contributed by atoms with E-state index in [0.717, 1.165) is 11.4 Å². The van der Waals surface area contributed by atoms with Crippen molar-refractivity contribution in [1.29, 1.82) is 0 Å². The summed E-state index contributed by atoms with van der Waals surface area (Å²) in [5.41, 5.74) is 1.63. The molecule has 1 aromatic rings. The van der Waals surface area contributed by atoms with Crippen molar-refractivity contribution in [1.82, 2.24) is 0 Å². The summed E-state index contributed by atoms with van der Waals surface area (Å²) in [5, 5.41) is 26.9. The zero-order valence-electron chi connectivity index (χ0n) is 13.2. The minimum absolute atomic E-state index is 0. The van der Waals surface area contributed by atoms with E-state index in [9.17, 15) is 10.2 Å². The van der Waals surface area contributed by atoms with Crippen LogP contribution in [0.5, 0.6) is 0 Å². The summed E-state index contributed by atoms with van der Waals surface area (Å²) >= 11 is 0. The van der Waals surface area contributed by atoms with Gasteiger partial charge in [0.15, 0.2) is 6.23 Å². The molecule has 0 aliphatic carbocycles. The first kappa shape index (κ1) is 18.5. The monoisotopic (exact) mass is 321 g/mol. The standard InChI is InChI=1S/C16H24N2O2.Sc/c1-11-14(13(19)10-16(2,3)4)15(20)18(17-11)12-8-6-5-7-9-12;/h5-9,13-15,19-20H,10H2,1-4H3;. The van der Waals surface area contributed by atoms with Gasteiger partial charge in [0.25, 0.3) is 0 Å². The van der Waals surface area contributed by atoms with E-state index >= 15 is 0 Å². The topological polar surface area (TPSA) is 56.1 Å². The molecule has 2 rings (SSSR count). The molecule has 1 aromatic carbocycles. The van der Waals surface area contributed by atoms with Crippen LogP contribution in [0.2, 0.25) is 0 Å². The van der Waals surface area contributed by atoms with Crippen LogP contribution in [0.15, 0.2) is 35.4 Å². The first-order valence-electron chi connectivity index (χ1n) is 7.05. The van der Waals surface area contributed by atoms with Gasteiger partial charge >= 0.3 is 0 Å². The summed E-state index contributed by atoms with van der Waals surface area (Å²) in [4.78, 5) is 0. The quantitative estimate of drug-likeness (QED) is 0.900. The molecule has 0 saturated carbocycles. The van der Waals surface area contributed by atoms with E-state index in [4.69, 9.17) is 0 Å². The van der Waals surface area contributed by atoms with E-state index in [1.165, 1.54) is 0 Å². The summed E-state index contributed by atoms with van der Waals surface area (Å²) in [5.74, 6) is -0.338. The van der Waals surface area contributed by atoms with Crippen molar-refractivity contribution in [3.05, 3.63) is 30.3 Å². The fourth-order valence-electron chi connectivity index (χ4n) is 2.69. The Kier molecular flexibility index (Phi) is 6.32. The van der Waals surface area contributed by atoms with Gasteiger partial charge in [-0.05, 0) is 30.9 Å². The van der Waals surface area contributed by atoms with Gasteiger partial charge in [0.05, 0.1) is 17.7 Å². The average Bonchev–Trinajstić information content (AvgIpc) is 2.64. The van der Waals surface area contributed by atoms with Crippen LogP contribution in [0, 0.1) is 11.3 Å². The second-order valence-corrected chi connectivity index (χ2v) is 6.69. The van der Waals surface area contributed by atoms with Gasteiger partial charge in [0, 0.05) is 31.6 Å². The van der Waals surface area contributed by atoms with Crippen LogP contribution in [-0.4, -0.2) is 28.3 Å². The smallest absolute Gasteiger partial charge is 0.158 e. The van der Waals surface area contributed by atoms with Crippen LogP contribution in [0.3, 0.4) is 0 Å². The molecule has 0 saturated heterocycles. The van der Waals surface area contributed by atoms with E-state index in [1.807, 2.05) is 37.3 Å². The number of hydrogen-bond donors (Lipinski definition) is 2. The molecule has 3 unspecified atom stereocenters. The maximum absolute atomic E-state index is 10.5. The number of aliphatic hydroxyl groups excluding tert-OH is 2. The Morgan fingerprint density at radius 3 is 2.33 bits per heavy atom. The molecule has 0 spiro atoms. The molecule has 1 heterocycles. The predicted molar refractivity (Wildman–Crippen MR) is 81.6 cm³/mol. The minimum atomic E-state index is -0.810. The zero-order valence-corrected chi connectivity index (χ0v) is 15.0. The number of aliphatic hydroxyl groups is 2. The number of hydrazone groups is 1. The molecule has 5 heteroatoms. The Balaban J connectivity index is 0.00000220. The van der Waals surface area contributed by atoms with Crippen LogP contribution in [0.4, 0.5) is 5.69 Å². The minimum Gasteiger partial charge on any atom is -0.392 e. The Morgan fingerprint density at radius 1 is 1.24 bits per heavy atom. The molecule has 3 atom stereocenters. The van der Waals surface area contributed by atoms with Crippen molar-refractivity contribution in [2.75, 3.05) is 5.01 Å². The first-order valence-corrected chi connectivity index (χ1v) is 7.05. The van der Waals surface area contributed by atoms with Gasteiger partial charge in [0.1, 0.15) is 0 Å². The van der Waals surface area contributed by atoms with E-state index in [-0.39, 0.29) is 37.2 Å². The predicted octanol–water partition coefficient (Wildman–Crippen LogP) is 2.61. The largest absolute Gasteiger partial charge is 0.392 e. The Labute approximate surface area is 145 Å². The molecule has 0 amide bonds. The number of benzene rings is 1. The summed E-state index contributed by atoms with van der Waals surface area (Å²) in [6.07, 6.45) is -0.776. The SMILES string of the molecule is CC1=NN(c2ccccc2)C(O)C1C(O)CC(C)(C)C.[Sc]. The molecule has 113 valence electrons. The van der Waals surface area contributed by atoms with Gasteiger partial charge in [-0.15, -0.1) is 0 Å². The van der Waals surface area contributed by atoms with Crippen molar-refractivity contribution >= 4 is 11.4 Å². The van der Waals surface area contributed by atoms with Crippen LogP contribution >= 0.6 is 0 Å². The van der Waals surface area contributed by atoms with Crippen LogP contribution in [0.1, 0.15) is 34.1 Å². The van der Waals surface area contributed by atoms with Gasteiger partial charge in [-0.25, -0.2) is 5.01 Å². The maximum Gasteiger partial charge on any atom is 0.158 e. The van der Waals surface area contributed by atoms with Crippen molar-refractivity contribution in [3.8, 4) is 0 Å². The third-order valence-corrected chi connectivity index (χ3v) is 3.58. The van der Waals surface area contributed by atoms with Gasteiger partial charge in [-0.2, -0.15) is 5.10 Å². The van der Waals surface area contributed by atoms with E-state index in [0.29, 0.717) is 6.42 Å². The molecule has 1 aliphatic heterocycles. The molecule has 21 heavy (non-hydrogen) atoms. The van der Waals surface area contributed by atoms with Gasteiger partial charge in [0.2, 0.25) is 0 Å². The van der Waals surface area contributed by atoms with Gasteiger partial charge in [-0.1, -0.05) is 39.0 Å². The van der Waals surface area contributed by atoms with Crippen molar-refractivity contribution in [3.63, 3.8) is 0 Å². The van der Waals surface area contributed by atoms with E-state index in [2.05, 4.69) is 25.9 Å². The van der Waals surface area contributed by atoms with E-state index in [1.54, 1.807) is 5.01 Å². The summed E-state index contributed by atoms with van der Waals surface area (Å²) in [7, 11) is 0. The molecule has 4 nitrogen and oxygen atoms in total. The molecular weight excluding hydrogens is 297 g/mol. The summed E-state index contributed by atoms with van der Waals surface area (Å²) in [6, 6.07) is 9.54. The fraction of sp³-hybridized carbons (Fsp3) is 0.562. The number of nitrogens with zero attached hydrogens (tertiary/aromatic N) is 2. The molecule has 1 aliphatic rings. The van der Waals surface area contributed by atoms with Crippen LogP contribution < -0.4 is 5.01 Å². The van der Waals surface area contributed by atoms with E-state index < -0.39 is 12.3 Å². The fourth-order valence-corrected chi connectivity index (χ4v) is 2.69. The van der Waals surface area contributed by atoms with Crippen LogP contribution in [0.25, 0.3) is 0 Å². The molecule has 0 bridgehead atoms. The Morgan fingerprint density at radius 2 is 1.81 bits per heavy atom. The van der Waals surface area contributed by atoms with Crippen molar-refractivity contribution in [2.45, 2.75) is 46.4 Å². The maximum atomic E-state index is 10.5. The van der Waals surface area contributed by atoms with Crippen molar-refractivity contribution < 1.29 is 36.1 Å². The summed E-state index contributed by atoms with van der Waals surface area (Å²) in [6.45, 7) is 8.11. The molecule has 0 fully saturated rings. The molecule has 2 N–H and O–H groups in total. The Bertz CT molecular complexity index is 485. The van der Waals surface area contributed by atoms with Gasteiger partial charge < -0.3 is 10.2 Å². The molecular formula is C16H24N2O2Sc. The van der Waals surface area contributed by atoms with Crippen LogP contribution in [-0.2, 0) is 25.8 Å². The second kappa shape index (κ2) is 7.16. The first-order chi connectivity index (χ1) is 9.29. The third-order valence-electron chi connectivity index (χ3n) is 3.58. The third kappa shape index (κ3) is 4.47. The average molecular weight is 321 g/mol. The van der Waals surface area contributed by atoms with Crippen molar-refractivity contribution in [2.24, 2.45) is 16.4 Å². The van der Waals surface area contributed by atoms with Gasteiger partial charge in [-0.3, -0.25) is 0 Å². The second-order valence-electron chi connectivity index (χ2n) is 6.69. The summed E-state index contributed by atoms with van der Waals surface area (Å²) < 4.78 is 0. The number of hydrogen-bond acceptors (Lipinski definition) is 4. The zero-order chi connectivity index (χ0) is 14.9. The Hall–Kier alpha value is -0.520. The normalized spacial score (nSPS) is 23.5. The number of anilines is 1. The molecule has 1 radical (unpaired) electrons. The number of rotatable bonds is 3.